The molecule has 1 aromatic carbocycles. The molecule has 0 saturated carbocycles. The standard InChI is InChI=1S/C13H20N2/c1-9-3-4-13-11(7-9)12(8-15-13)10(2)5-6-14/h3-4,7,10,12,15H,5-6,8,14H2,1-2H3. The molecule has 15 heavy (non-hydrogen) atoms. The second-order valence-electron chi connectivity index (χ2n) is 4.63. The van der Waals surface area contributed by atoms with Crippen LogP contribution in [0, 0.1) is 12.8 Å². The fourth-order valence-electron chi connectivity index (χ4n) is 2.45. The van der Waals surface area contributed by atoms with Crippen LogP contribution in [0.3, 0.4) is 0 Å². The van der Waals surface area contributed by atoms with Crippen LogP contribution in [-0.2, 0) is 0 Å². The van der Waals surface area contributed by atoms with E-state index in [0.717, 1.165) is 19.5 Å². The quantitative estimate of drug-likeness (QED) is 0.794. The zero-order valence-electron chi connectivity index (χ0n) is 9.59. The molecule has 0 spiro atoms. The highest BCUT2D eigenvalue weighted by molar-refractivity contribution is 5.59. The van der Waals surface area contributed by atoms with Crippen molar-refractivity contribution in [3.05, 3.63) is 29.3 Å². The van der Waals surface area contributed by atoms with Gasteiger partial charge in [-0.3, -0.25) is 0 Å². The van der Waals surface area contributed by atoms with E-state index < -0.39 is 0 Å². The van der Waals surface area contributed by atoms with Gasteiger partial charge in [0.05, 0.1) is 0 Å². The van der Waals surface area contributed by atoms with Crippen LogP contribution >= 0.6 is 0 Å². The number of nitrogens with one attached hydrogen (secondary N) is 1. The summed E-state index contributed by atoms with van der Waals surface area (Å²) in [6.45, 7) is 6.32. The lowest BCUT2D eigenvalue weighted by Crippen LogP contribution is -2.15. The minimum Gasteiger partial charge on any atom is -0.384 e. The highest BCUT2D eigenvalue weighted by atomic mass is 14.9. The van der Waals surface area contributed by atoms with Crippen LogP contribution in [0.2, 0.25) is 0 Å². The van der Waals surface area contributed by atoms with Gasteiger partial charge in [0.1, 0.15) is 0 Å². The van der Waals surface area contributed by atoms with Crippen LogP contribution in [0.4, 0.5) is 5.69 Å². The van der Waals surface area contributed by atoms with Crippen molar-refractivity contribution in [2.24, 2.45) is 11.7 Å². The van der Waals surface area contributed by atoms with Crippen LogP contribution in [-0.4, -0.2) is 13.1 Å². The van der Waals surface area contributed by atoms with E-state index in [2.05, 4.69) is 37.4 Å². The topological polar surface area (TPSA) is 38.0 Å². The molecule has 2 nitrogen and oxygen atoms in total. The van der Waals surface area contributed by atoms with Crippen LogP contribution in [0.25, 0.3) is 0 Å². The van der Waals surface area contributed by atoms with Crippen molar-refractivity contribution in [1.82, 2.24) is 0 Å². The van der Waals surface area contributed by atoms with E-state index in [1.165, 1.54) is 16.8 Å². The van der Waals surface area contributed by atoms with Crippen LogP contribution in [0.1, 0.15) is 30.4 Å². The van der Waals surface area contributed by atoms with Gasteiger partial charge in [-0.15, -0.1) is 0 Å². The average molecular weight is 204 g/mol. The number of rotatable bonds is 3. The van der Waals surface area contributed by atoms with Crippen molar-refractivity contribution in [1.29, 1.82) is 0 Å². The van der Waals surface area contributed by atoms with Gasteiger partial charge in [-0.05, 0) is 37.4 Å². The molecule has 0 aromatic heterocycles. The molecule has 1 aliphatic heterocycles. The summed E-state index contributed by atoms with van der Waals surface area (Å²) < 4.78 is 0. The lowest BCUT2D eigenvalue weighted by Gasteiger charge is -2.18. The fraction of sp³-hybridized carbons (Fsp3) is 0.538. The molecule has 1 aromatic rings. The van der Waals surface area contributed by atoms with Gasteiger partial charge in [-0.2, -0.15) is 0 Å². The number of fused-ring (bicyclic) bond motifs is 1. The SMILES string of the molecule is Cc1ccc2c(c1)C(C(C)CCN)CN2. The number of hydrogen-bond acceptors (Lipinski definition) is 2. The van der Waals surface area contributed by atoms with Crippen molar-refractivity contribution in [2.45, 2.75) is 26.2 Å². The van der Waals surface area contributed by atoms with Gasteiger partial charge in [0, 0.05) is 18.2 Å². The molecule has 0 saturated heterocycles. The second kappa shape index (κ2) is 4.23. The minimum absolute atomic E-state index is 0.642. The van der Waals surface area contributed by atoms with Crippen molar-refractivity contribution < 1.29 is 0 Å². The third-order valence-electron chi connectivity index (χ3n) is 3.43. The minimum atomic E-state index is 0.642. The van der Waals surface area contributed by atoms with Crippen molar-refractivity contribution >= 4 is 5.69 Å². The summed E-state index contributed by atoms with van der Waals surface area (Å²) in [7, 11) is 0. The van der Waals surface area contributed by atoms with Gasteiger partial charge >= 0.3 is 0 Å². The molecule has 3 N–H and O–H groups in total. The Hall–Kier alpha value is -1.02. The Kier molecular flexibility index (Phi) is 2.96. The first-order chi connectivity index (χ1) is 7.22. The predicted molar refractivity (Wildman–Crippen MR) is 65.2 cm³/mol. The molecule has 1 heterocycles. The van der Waals surface area contributed by atoms with Crippen molar-refractivity contribution in [2.75, 3.05) is 18.4 Å². The molecule has 2 rings (SSSR count). The smallest absolute Gasteiger partial charge is 0.0376 e. The van der Waals surface area contributed by atoms with Gasteiger partial charge in [-0.1, -0.05) is 24.6 Å². The van der Waals surface area contributed by atoms with Gasteiger partial charge in [0.25, 0.3) is 0 Å². The van der Waals surface area contributed by atoms with Crippen molar-refractivity contribution in [3.63, 3.8) is 0 Å². The van der Waals surface area contributed by atoms with Gasteiger partial charge in [0.15, 0.2) is 0 Å². The molecular weight excluding hydrogens is 184 g/mol. The van der Waals surface area contributed by atoms with Gasteiger partial charge in [0.2, 0.25) is 0 Å². The number of anilines is 1. The third-order valence-corrected chi connectivity index (χ3v) is 3.43. The van der Waals surface area contributed by atoms with E-state index in [4.69, 9.17) is 5.73 Å². The summed E-state index contributed by atoms with van der Waals surface area (Å²) in [5, 5.41) is 3.48. The number of aryl methyl sites for hydroxylation is 1. The maximum absolute atomic E-state index is 5.63. The lowest BCUT2D eigenvalue weighted by atomic mass is 9.86. The first-order valence-corrected chi connectivity index (χ1v) is 5.77. The Morgan fingerprint density at radius 2 is 2.33 bits per heavy atom. The zero-order valence-corrected chi connectivity index (χ0v) is 9.59. The lowest BCUT2D eigenvalue weighted by molar-refractivity contribution is 0.458. The molecule has 0 aliphatic carbocycles. The summed E-state index contributed by atoms with van der Waals surface area (Å²) in [4.78, 5) is 0. The largest absolute Gasteiger partial charge is 0.384 e. The first kappa shape index (κ1) is 10.5. The maximum Gasteiger partial charge on any atom is 0.0376 e. The Morgan fingerprint density at radius 3 is 3.07 bits per heavy atom. The van der Waals surface area contributed by atoms with E-state index >= 15 is 0 Å². The van der Waals surface area contributed by atoms with E-state index in [0.29, 0.717) is 11.8 Å². The Bertz CT molecular complexity index is 346. The summed E-state index contributed by atoms with van der Waals surface area (Å²) in [6, 6.07) is 6.68. The summed E-state index contributed by atoms with van der Waals surface area (Å²) >= 11 is 0. The first-order valence-electron chi connectivity index (χ1n) is 5.77. The molecule has 2 unspecified atom stereocenters. The summed E-state index contributed by atoms with van der Waals surface area (Å²) in [6.07, 6.45) is 1.11. The molecule has 82 valence electrons. The van der Waals surface area contributed by atoms with Gasteiger partial charge in [-0.25, -0.2) is 0 Å². The predicted octanol–water partition coefficient (Wildman–Crippen LogP) is 2.49. The summed E-state index contributed by atoms with van der Waals surface area (Å²) in [5.74, 6) is 1.31. The zero-order chi connectivity index (χ0) is 10.8. The second-order valence-corrected chi connectivity index (χ2v) is 4.63. The highest BCUT2D eigenvalue weighted by Gasteiger charge is 2.26. The van der Waals surface area contributed by atoms with E-state index in [1.807, 2.05) is 0 Å². The summed E-state index contributed by atoms with van der Waals surface area (Å²) in [5.41, 5.74) is 9.77. The monoisotopic (exact) mass is 204 g/mol. The normalized spacial score (nSPS) is 20.9. The van der Waals surface area contributed by atoms with E-state index in [-0.39, 0.29) is 0 Å². The Labute approximate surface area is 91.9 Å². The number of hydrogen-bond donors (Lipinski definition) is 2. The molecule has 0 bridgehead atoms. The number of nitrogens with two attached hydrogens (primary N) is 1. The van der Waals surface area contributed by atoms with E-state index in [9.17, 15) is 0 Å². The molecule has 0 amide bonds. The fourth-order valence-corrected chi connectivity index (χ4v) is 2.45. The Morgan fingerprint density at radius 1 is 1.53 bits per heavy atom. The van der Waals surface area contributed by atoms with Gasteiger partial charge < -0.3 is 11.1 Å². The maximum atomic E-state index is 5.63. The molecule has 1 aliphatic rings. The Balaban J connectivity index is 2.23. The van der Waals surface area contributed by atoms with Crippen LogP contribution in [0.15, 0.2) is 18.2 Å². The van der Waals surface area contributed by atoms with Crippen LogP contribution < -0.4 is 11.1 Å². The van der Waals surface area contributed by atoms with Crippen LogP contribution in [0.5, 0.6) is 0 Å². The average Bonchev–Trinajstić information content (AvgIpc) is 2.60. The molecule has 2 heteroatoms. The molecule has 0 fully saturated rings. The molecule has 2 atom stereocenters. The van der Waals surface area contributed by atoms with E-state index in [1.54, 1.807) is 0 Å². The molecular formula is C13H20N2. The molecule has 0 radical (unpaired) electrons. The number of benzene rings is 1. The van der Waals surface area contributed by atoms with Crippen molar-refractivity contribution in [3.8, 4) is 0 Å². The highest BCUT2D eigenvalue weighted by Crippen LogP contribution is 2.37. The third kappa shape index (κ3) is 2.00.